The maximum Gasteiger partial charge on any atom is 0.176 e. The summed E-state index contributed by atoms with van der Waals surface area (Å²) in [4.78, 5) is 19.3. The van der Waals surface area contributed by atoms with E-state index in [2.05, 4.69) is 4.98 Å². The monoisotopic (exact) mass is 292 g/mol. The van der Waals surface area contributed by atoms with Crippen LogP contribution in [0, 0.1) is 6.92 Å². The Morgan fingerprint density at radius 2 is 2.10 bits per heavy atom. The van der Waals surface area contributed by atoms with E-state index >= 15 is 0 Å². The first-order valence-electron chi connectivity index (χ1n) is 6.10. The molecule has 2 rings (SSSR count). The molecule has 20 heavy (non-hydrogen) atoms. The number of aromatic nitrogens is 1. The fourth-order valence-corrected chi connectivity index (χ4v) is 2.67. The number of carbonyl (C=O) groups is 1. The van der Waals surface area contributed by atoms with Gasteiger partial charge in [-0.25, -0.2) is 4.98 Å². The van der Waals surface area contributed by atoms with E-state index in [0.29, 0.717) is 12.1 Å². The second-order valence-corrected chi connectivity index (χ2v) is 5.60. The molecule has 0 spiro atoms. The van der Waals surface area contributed by atoms with E-state index in [9.17, 15) is 15.0 Å². The Labute approximate surface area is 121 Å². The lowest BCUT2D eigenvalue weighted by Crippen LogP contribution is -2.25. The van der Waals surface area contributed by atoms with Crippen LogP contribution >= 0.6 is 11.3 Å². The largest absolute Gasteiger partial charge is 0.504 e. The zero-order valence-electron chi connectivity index (χ0n) is 11.3. The highest BCUT2D eigenvalue weighted by atomic mass is 32.1. The second kappa shape index (κ2) is 6.02. The molecule has 0 saturated carbocycles. The number of hydrogen-bond donors (Lipinski definition) is 2. The van der Waals surface area contributed by atoms with Gasteiger partial charge in [0.15, 0.2) is 17.3 Å². The van der Waals surface area contributed by atoms with Crippen molar-refractivity contribution < 1.29 is 15.0 Å². The van der Waals surface area contributed by atoms with Crippen molar-refractivity contribution in [2.75, 3.05) is 13.6 Å². The first-order chi connectivity index (χ1) is 9.47. The minimum atomic E-state index is -0.281. The number of carbonyl (C=O) groups excluding carboxylic acids is 1. The fraction of sp³-hybridized carbons (Fsp3) is 0.286. The molecule has 0 radical (unpaired) electrons. The van der Waals surface area contributed by atoms with Crippen LogP contribution < -0.4 is 0 Å². The number of phenols is 2. The van der Waals surface area contributed by atoms with Crippen LogP contribution in [-0.4, -0.2) is 39.5 Å². The van der Waals surface area contributed by atoms with Crippen molar-refractivity contribution in [3.8, 4) is 11.5 Å². The summed E-state index contributed by atoms with van der Waals surface area (Å²) in [6, 6.07) is 4.10. The summed E-state index contributed by atoms with van der Waals surface area (Å²) >= 11 is 1.57. The van der Waals surface area contributed by atoms with Crippen LogP contribution in [0.15, 0.2) is 23.7 Å². The Morgan fingerprint density at radius 1 is 1.35 bits per heavy atom. The highest BCUT2D eigenvalue weighted by molar-refractivity contribution is 7.09. The Balaban J connectivity index is 2.00. The number of hydrogen-bond acceptors (Lipinski definition) is 6. The standard InChI is InChI=1S/C14H16N2O3S/c1-9-14(20-8-15-9)7-16(2)6-13(19)10-3-4-11(17)12(18)5-10/h3-5,8,17-18H,6-7H2,1-2H3. The zero-order chi connectivity index (χ0) is 14.7. The molecule has 106 valence electrons. The number of rotatable bonds is 5. The lowest BCUT2D eigenvalue weighted by Gasteiger charge is -2.15. The average molecular weight is 292 g/mol. The van der Waals surface area contributed by atoms with Gasteiger partial charge in [0.2, 0.25) is 0 Å². The van der Waals surface area contributed by atoms with Gasteiger partial charge in [-0.1, -0.05) is 0 Å². The average Bonchev–Trinajstić information content (AvgIpc) is 2.78. The van der Waals surface area contributed by atoms with Crippen molar-refractivity contribution in [2.45, 2.75) is 13.5 Å². The third-order valence-corrected chi connectivity index (χ3v) is 3.89. The maximum absolute atomic E-state index is 12.1. The molecule has 1 aromatic heterocycles. The summed E-state index contributed by atoms with van der Waals surface area (Å²) in [7, 11) is 1.86. The van der Waals surface area contributed by atoms with Crippen LogP contribution in [0.4, 0.5) is 0 Å². The maximum atomic E-state index is 12.1. The van der Waals surface area contributed by atoms with Crippen LogP contribution in [0.2, 0.25) is 0 Å². The first kappa shape index (κ1) is 14.5. The van der Waals surface area contributed by atoms with Gasteiger partial charge in [0, 0.05) is 17.0 Å². The molecule has 0 aliphatic rings. The van der Waals surface area contributed by atoms with Crippen LogP contribution in [0.5, 0.6) is 11.5 Å². The Kier molecular flexibility index (Phi) is 4.36. The number of Topliss-reactive ketones (excluding diaryl/α,β-unsaturated/α-hetero) is 1. The SMILES string of the molecule is Cc1ncsc1CN(C)CC(=O)c1ccc(O)c(O)c1. The van der Waals surface area contributed by atoms with Gasteiger partial charge < -0.3 is 10.2 Å². The van der Waals surface area contributed by atoms with Crippen molar-refractivity contribution >= 4 is 17.1 Å². The Morgan fingerprint density at radius 3 is 2.70 bits per heavy atom. The molecule has 0 unspecified atom stereocenters. The number of aromatic hydroxyl groups is 2. The molecule has 0 saturated heterocycles. The third kappa shape index (κ3) is 3.34. The van der Waals surface area contributed by atoms with Crippen molar-refractivity contribution in [3.63, 3.8) is 0 Å². The molecule has 0 amide bonds. The van der Waals surface area contributed by atoms with Crippen LogP contribution in [0.1, 0.15) is 20.9 Å². The third-order valence-electron chi connectivity index (χ3n) is 2.97. The molecule has 0 aliphatic heterocycles. The molecule has 5 nitrogen and oxygen atoms in total. The van der Waals surface area contributed by atoms with Gasteiger partial charge in [0.05, 0.1) is 17.7 Å². The van der Waals surface area contributed by atoms with Crippen molar-refractivity contribution in [1.29, 1.82) is 0 Å². The van der Waals surface area contributed by atoms with E-state index in [4.69, 9.17) is 0 Å². The minimum absolute atomic E-state index is 0.107. The smallest absolute Gasteiger partial charge is 0.176 e. The highest BCUT2D eigenvalue weighted by Crippen LogP contribution is 2.25. The Hall–Kier alpha value is -1.92. The van der Waals surface area contributed by atoms with Gasteiger partial charge in [0.1, 0.15) is 0 Å². The summed E-state index contributed by atoms with van der Waals surface area (Å²) in [6.07, 6.45) is 0. The van der Waals surface area contributed by atoms with Gasteiger partial charge in [-0.15, -0.1) is 11.3 Å². The van der Waals surface area contributed by atoms with Crippen molar-refractivity contribution in [2.24, 2.45) is 0 Å². The van der Waals surface area contributed by atoms with Crippen LogP contribution in [0.25, 0.3) is 0 Å². The van der Waals surface area contributed by atoms with Gasteiger partial charge in [-0.2, -0.15) is 0 Å². The highest BCUT2D eigenvalue weighted by Gasteiger charge is 2.13. The summed E-state index contributed by atoms with van der Waals surface area (Å²) in [5, 5.41) is 18.6. The van der Waals surface area contributed by atoms with Gasteiger partial charge >= 0.3 is 0 Å². The summed E-state index contributed by atoms with van der Waals surface area (Å²) < 4.78 is 0. The lowest BCUT2D eigenvalue weighted by atomic mass is 10.1. The summed E-state index contributed by atoms with van der Waals surface area (Å²) in [5.74, 6) is -0.614. The van der Waals surface area contributed by atoms with E-state index in [0.717, 1.165) is 10.6 Å². The molecule has 2 aromatic rings. The number of aryl methyl sites for hydroxylation is 1. The summed E-state index contributed by atoms with van der Waals surface area (Å²) in [5.41, 5.74) is 3.16. The number of nitrogens with zero attached hydrogens (tertiary/aromatic N) is 2. The molecule has 0 atom stereocenters. The molecule has 0 fully saturated rings. The molecule has 6 heteroatoms. The van der Waals surface area contributed by atoms with E-state index in [1.807, 2.05) is 18.9 Å². The molecule has 2 N–H and O–H groups in total. The lowest BCUT2D eigenvalue weighted by molar-refractivity contribution is 0.0943. The quantitative estimate of drug-likeness (QED) is 0.652. The second-order valence-electron chi connectivity index (χ2n) is 4.66. The van der Waals surface area contributed by atoms with E-state index < -0.39 is 0 Å². The molecule has 1 heterocycles. The van der Waals surface area contributed by atoms with E-state index in [-0.39, 0.29) is 23.8 Å². The zero-order valence-corrected chi connectivity index (χ0v) is 12.1. The number of benzene rings is 1. The first-order valence-corrected chi connectivity index (χ1v) is 6.98. The molecule has 0 bridgehead atoms. The molecule has 0 aliphatic carbocycles. The number of phenolic OH excluding ortho intramolecular Hbond substituents is 2. The number of ketones is 1. The van der Waals surface area contributed by atoms with E-state index in [1.54, 1.807) is 16.8 Å². The van der Waals surface area contributed by atoms with Crippen molar-refractivity contribution in [3.05, 3.63) is 39.8 Å². The predicted octanol–water partition coefficient (Wildman–Crippen LogP) is 2.18. The predicted molar refractivity (Wildman–Crippen MR) is 77.3 cm³/mol. The molecular formula is C14H16N2O3S. The summed E-state index contributed by atoms with van der Waals surface area (Å²) in [6.45, 7) is 2.84. The number of likely N-dealkylation sites (N-methyl/N-ethyl adjacent to an activating group) is 1. The minimum Gasteiger partial charge on any atom is -0.504 e. The Bertz CT molecular complexity index is 625. The topological polar surface area (TPSA) is 73.7 Å². The van der Waals surface area contributed by atoms with Crippen LogP contribution in [-0.2, 0) is 6.54 Å². The molecule has 1 aromatic carbocycles. The van der Waals surface area contributed by atoms with Crippen LogP contribution in [0.3, 0.4) is 0 Å². The molecular weight excluding hydrogens is 276 g/mol. The van der Waals surface area contributed by atoms with Gasteiger partial charge in [-0.05, 0) is 32.2 Å². The van der Waals surface area contributed by atoms with Gasteiger partial charge in [-0.3, -0.25) is 9.69 Å². The number of thiazole rings is 1. The normalized spacial score (nSPS) is 10.9. The van der Waals surface area contributed by atoms with Crippen molar-refractivity contribution in [1.82, 2.24) is 9.88 Å². The fourth-order valence-electron chi connectivity index (χ4n) is 1.81. The van der Waals surface area contributed by atoms with E-state index in [1.165, 1.54) is 18.2 Å². The van der Waals surface area contributed by atoms with Gasteiger partial charge in [0.25, 0.3) is 0 Å².